The maximum atomic E-state index is 12.5. The van der Waals surface area contributed by atoms with Crippen LogP contribution < -0.4 is 5.73 Å². The zero-order valence-electron chi connectivity index (χ0n) is 12.3. The van der Waals surface area contributed by atoms with E-state index in [1.54, 1.807) is 17.2 Å². The summed E-state index contributed by atoms with van der Waals surface area (Å²) >= 11 is 0. The number of carbonyl (C=O) groups excluding carboxylic acids is 1. The van der Waals surface area contributed by atoms with Gasteiger partial charge in [-0.3, -0.25) is 9.78 Å². The second-order valence-electron chi connectivity index (χ2n) is 5.14. The summed E-state index contributed by atoms with van der Waals surface area (Å²) in [7, 11) is 0. The van der Waals surface area contributed by atoms with Crippen LogP contribution in [0.2, 0.25) is 0 Å². The van der Waals surface area contributed by atoms with E-state index in [1.807, 2.05) is 19.1 Å². The molecule has 7 heteroatoms. The lowest BCUT2D eigenvalue weighted by Gasteiger charge is -2.32. The standard InChI is InChI=1S/C15H17N5O2/c1-10-7-18-12(8-17-10)15(21)20-5-6-22-13(9-20)11-3-2-4-14(16)19-11/h2-4,7-8,13H,5-6,9H2,1H3,(H2,16,19)/t13-/m0/s1. The van der Waals surface area contributed by atoms with Crippen molar-refractivity contribution in [1.29, 1.82) is 0 Å². The third-order valence-corrected chi connectivity index (χ3v) is 3.48. The van der Waals surface area contributed by atoms with E-state index in [4.69, 9.17) is 10.5 Å². The average molecular weight is 299 g/mol. The van der Waals surface area contributed by atoms with Crippen molar-refractivity contribution in [2.75, 3.05) is 25.4 Å². The second-order valence-corrected chi connectivity index (χ2v) is 5.14. The summed E-state index contributed by atoms with van der Waals surface area (Å²) < 4.78 is 5.71. The monoisotopic (exact) mass is 299 g/mol. The van der Waals surface area contributed by atoms with E-state index in [9.17, 15) is 4.79 Å². The predicted molar refractivity (Wildman–Crippen MR) is 80.0 cm³/mol. The minimum atomic E-state index is -0.278. The molecule has 2 aromatic heterocycles. The molecule has 0 aliphatic carbocycles. The van der Waals surface area contributed by atoms with Crippen LogP contribution in [-0.2, 0) is 4.74 Å². The van der Waals surface area contributed by atoms with Crippen LogP contribution in [0.4, 0.5) is 5.82 Å². The minimum absolute atomic E-state index is 0.148. The highest BCUT2D eigenvalue weighted by Gasteiger charge is 2.27. The van der Waals surface area contributed by atoms with Gasteiger partial charge in [0.1, 0.15) is 17.6 Å². The van der Waals surface area contributed by atoms with Crippen LogP contribution in [0.1, 0.15) is 28.0 Å². The van der Waals surface area contributed by atoms with Crippen molar-refractivity contribution >= 4 is 11.7 Å². The van der Waals surface area contributed by atoms with Gasteiger partial charge in [0, 0.05) is 12.7 Å². The Balaban J connectivity index is 1.75. The van der Waals surface area contributed by atoms with Crippen molar-refractivity contribution in [1.82, 2.24) is 19.9 Å². The molecule has 0 bridgehead atoms. The first-order chi connectivity index (χ1) is 10.6. The molecule has 114 valence electrons. The van der Waals surface area contributed by atoms with Gasteiger partial charge in [-0.05, 0) is 19.1 Å². The molecule has 1 aliphatic rings. The van der Waals surface area contributed by atoms with Crippen molar-refractivity contribution < 1.29 is 9.53 Å². The Morgan fingerprint density at radius 1 is 1.36 bits per heavy atom. The molecule has 0 spiro atoms. The van der Waals surface area contributed by atoms with Gasteiger partial charge >= 0.3 is 0 Å². The Bertz CT molecular complexity index is 674. The van der Waals surface area contributed by atoms with Gasteiger partial charge in [0.15, 0.2) is 0 Å². The van der Waals surface area contributed by atoms with Crippen molar-refractivity contribution in [3.05, 3.63) is 47.7 Å². The summed E-state index contributed by atoms with van der Waals surface area (Å²) in [4.78, 5) is 26.7. The zero-order chi connectivity index (χ0) is 15.5. The number of morpholine rings is 1. The number of pyridine rings is 1. The number of hydrogen-bond acceptors (Lipinski definition) is 6. The highest BCUT2D eigenvalue weighted by molar-refractivity contribution is 5.92. The number of nitrogen functional groups attached to an aromatic ring is 1. The molecule has 0 radical (unpaired) electrons. The van der Waals surface area contributed by atoms with Crippen molar-refractivity contribution in [2.45, 2.75) is 13.0 Å². The Labute approximate surface area is 128 Å². The van der Waals surface area contributed by atoms with Gasteiger partial charge in [-0.2, -0.15) is 0 Å². The largest absolute Gasteiger partial charge is 0.384 e. The number of ether oxygens (including phenoxy) is 1. The lowest BCUT2D eigenvalue weighted by molar-refractivity contribution is -0.0248. The van der Waals surface area contributed by atoms with Gasteiger partial charge < -0.3 is 15.4 Å². The Morgan fingerprint density at radius 3 is 2.95 bits per heavy atom. The van der Waals surface area contributed by atoms with Gasteiger partial charge in [-0.1, -0.05) is 6.07 Å². The fourth-order valence-corrected chi connectivity index (χ4v) is 2.33. The topological polar surface area (TPSA) is 94.2 Å². The number of amides is 1. The molecular weight excluding hydrogens is 282 g/mol. The number of aromatic nitrogens is 3. The quantitative estimate of drug-likeness (QED) is 0.888. The van der Waals surface area contributed by atoms with E-state index in [0.29, 0.717) is 31.2 Å². The van der Waals surface area contributed by atoms with E-state index >= 15 is 0 Å². The van der Waals surface area contributed by atoms with Crippen LogP contribution in [-0.4, -0.2) is 45.5 Å². The fourth-order valence-electron chi connectivity index (χ4n) is 2.33. The summed E-state index contributed by atoms with van der Waals surface area (Å²) in [5, 5.41) is 0. The molecule has 1 saturated heterocycles. The molecule has 3 heterocycles. The van der Waals surface area contributed by atoms with Crippen molar-refractivity contribution in [3.63, 3.8) is 0 Å². The van der Waals surface area contributed by atoms with Crippen molar-refractivity contribution in [2.24, 2.45) is 0 Å². The van der Waals surface area contributed by atoms with Crippen LogP contribution in [0, 0.1) is 6.92 Å². The molecule has 2 N–H and O–H groups in total. The molecule has 0 unspecified atom stereocenters. The molecule has 1 fully saturated rings. The number of nitrogens with two attached hydrogens (primary N) is 1. The SMILES string of the molecule is Cc1cnc(C(=O)N2CCO[C@H](c3cccc(N)n3)C2)cn1. The fraction of sp³-hybridized carbons (Fsp3) is 0.333. The molecular formula is C15H17N5O2. The third-order valence-electron chi connectivity index (χ3n) is 3.48. The normalized spacial score (nSPS) is 18.2. The van der Waals surface area contributed by atoms with E-state index in [0.717, 1.165) is 11.4 Å². The highest BCUT2D eigenvalue weighted by Crippen LogP contribution is 2.22. The molecule has 7 nitrogen and oxygen atoms in total. The summed E-state index contributed by atoms with van der Waals surface area (Å²) in [5.41, 5.74) is 7.55. The van der Waals surface area contributed by atoms with Gasteiger partial charge in [0.2, 0.25) is 0 Å². The Kier molecular flexibility index (Phi) is 3.97. The predicted octanol–water partition coefficient (Wildman–Crippen LogP) is 0.976. The molecule has 1 atom stereocenters. The first-order valence-electron chi connectivity index (χ1n) is 7.05. The summed E-state index contributed by atoms with van der Waals surface area (Å²) in [6, 6.07) is 5.39. The third kappa shape index (κ3) is 3.04. The highest BCUT2D eigenvalue weighted by atomic mass is 16.5. The number of aryl methyl sites for hydroxylation is 1. The van der Waals surface area contributed by atoms with Crippen LogP contribution in [0.15, 0.2) is 30.6 Å². The van der Waals surface area contributed by atoms with Crippen LogP contribution in [0.3, 0.4) is 0 Å². The van der Waals surface area contributed by atoms with Crippen LogP contribution in [0.5, 0.6) is 0 Å². The summed E-state index contributed by atoms with van der Waals surface area (Å²) in [6.45, 7) is 3.22. The van der Waals surface area contributed by atoms with Crippen LogP contribution in [0.25, 0.3) is 0 Å². The number of carbonyl (C=O) groups is 1. The molecule has 1 amide bonds. The van der Waals surface area contributed by atoms with E-state index in [-0.39, 0.29) is 12.0 Å². The molecule has 2 aromatic rings. The van der Waals surface area contributed by atoms with Gasteiger partial charge in [-0.15, -0.1) is 0 Å². The molecule has 1 aliphatic heterocycles. The zero-order valence-corrected chi connectivity index (χ0v) is 12.3. The van der Waals surface area contributed by atoms with E-state index in [1.165, 1.54) is 6.20 Å². The van der Waals surface area contributed by atoms with E-state index < -0.39 is 0 Å². The molecule has 22 heavy (non-hydrogen) atoms. The van der Waals surface area contributed by atoms with E-state index in [2.05, 4.69) is 15.0 Å². The average Bonchev–Trinajstić information content (AvgIpc) is 2.55. The maximum absolute atomic E-state index is 12.5. The minimum Gasteiger partial charge on any atom is -0.384 e. The first kappa shape index (κ1) is 14.4. The number of anilines is 1. The Morgan fingerprint density at radius 2 is 2.23 bits per heavy atom. The molecule has 0 aromatic carbocycles. The van der Waals surface area contributed by atoms with Crippen molar-refractivity contribution in [3.8, 4) is 0 Å². The first-order valence-corrected chi connectivity index (χ1v) is 7.05. The number of nitrogens with zero attached hydrogens (tertiary/aromatic N) is 4. The lowest BCUT2D eigenvalue weighted by atomic mass is 10.1. The maximum Gasteiger partial charge on any atom is 0.274 e. The lowest BCUT2D eigenvalue weighted by Crippen LogP contribution is -2.42. The number of hydrogen-bond donors (Lipinski definition) is 1. The number of rotatable bonds is 2. The summed E-state index contributed by atoms with van der Waals surface area (Å²) in [6.07, 6.45) is 2.81. The Hall–Kier alpha value is -2.54. The second kappa shape index (κ2) is 6.07. The smallest absolute Gasteiger partial charge is 0.274 e. The van der Waals surface area contributed by atoms with Crippen LogP contribution >= 0.6 is 0 Å². The molecule has 3 rings (SSSR count). The molecule has 0 saturated carbocycles. The van der Waals surface area contributed by atoms with Gasteiger partial charge in [-0.25, -0.2) is 9.97 Å². The van der Waals surface area contributed by atoms with Gasteiger partial charge in [0.25, 0.3) is 5.91 Å². The van der Waals surface area contributed by atoms with Gasteiger partial charge in [0.05, 0.1) is 30.7 Å². The summed E-state index contributed by atoms with van der Waals surface area (Å²) in [5.74, 6) is 0.290.